The lowest BCUT2D eigenvalue weighted by Gasteiger charge is -2.17. The van der Waals surface area contributed by atoms with Gasteiger partial charge < -0.3 is 10.5 Å². The predicted molar refractivity (Wildman–Crippen MR) is 64.2 cm³/mol. The molecule has 1 rings (SSSR count). The standard InChI is InChI=1S/C13H19NO2/c1-4-9(2)12(14)13(15)16-11-8-6-5-7-10(11)3/h5-9,12H,4,14H2,1-3H3. The van der Waals surface area contributed by atoms with Crippen LogP contribution in [0, 0.1) is 12.8 Å². The molecule has 0 saturated heterocycles. The van der Waals surface area contributed by atoms with Crippen molar-refractivity contribution < 1.29 is 9.53 Å². The van der Waals surface area contributed by atoms with Crippen molar-refractivity contribution in [1.29, 1.82) is 0 Å². The molecule has 16 heavy (non-hydrogen) atoms. The number of hydrogen-bond donors (Lipinski definition) is 1. The maximum absolute atomic E-state index is 11.7. The smallest absolute Gasteiger partial charge is 0.328 e. The molecule has 0 radical (unpaired) electrons. The monoisotopic (exact) mass is 221 g/mol. The van der Waals surface area contributed by atoms with E-state index in [4.69, 9.17) is 10.5 Å². The van der Waals surface area contributed by atoms with Gasteiger partial charge in [-0.2, -0.15) is 0 Å². The first-order chi connectivity index (χ1) is 7.56. The van der Waals surface area contributed by atoms with E-state index in [-0.39, 0.29) is 11.9 Å². The zero-order valence-corrected chi connectivity index (χ0v) is 10.1. The van der Waals surface area contributed by atoms with E-state index in [2.05, 4.69) is 0 Å². The van der Waals surface area contributed by atoms with Gasteiger partial charge in [-0.05, 0) is 24.5 Å². The van der Waals surface area contributed by atoms with Gasteiger partial charge in [0.15, 0.2) is 0 Å². The maximum atomic E-state index is 11.7. The number of carbonyl (C=O) groups is 1. The molecule has 0 bridgehead atoms. The number of benzene rings is 1. The Morgan fingerprint density at radius 1 is 1.44 bits per heavy atom. The Kier molecular flexibility index (Phi) is 4.50. The van der Waals surface area contributed by atoms with E-state index in [0.29, 0.717) is 5.75 Å². The summed E-state index contributed by atoms with van der Waals surface area (Å²) in [4.78, 5) is 11.7. The normalized spacial score (nSPS) is 14.2. The first-order valence-corrected chi connectivity index (χ1v) is 5.59. The van der Waals surface area contributed by atoms with Crippen LogP contribution in [0.4, 0.5) is 0 Å². The molecule has 0 aliphatic rings. The van der Waals surface area contributed by atoms with E-state index in [1.165, 1.54) is 0 Å². The first-order valence-electron chi connectivity index (χ1n) is 5.59. The topological polar surface area (TPSA) is 52.3 Å². The molecule has 2 atom stereocenters. The highest BCUT2D eigenvalue weighted by Gasteiger charge is 2.21. The van der Waals surface area contributed by atoms with Crippen LogP contribution in [0.5, 0.6) is 5.75 Å². The third-order valence-corrected chi connectivity index (χ3v) is 2.83. The fourth-order valence-electron chi connectivity index (χ4n) is 1.33. The molecule has 0 fully saturated rings. The van der Waals surface area contributed by atoms with Gasteiger partial charge in [-0.1, -0.05) is 38.5 Å². The molecule has 0 aliphatic carbocycles. The van der Waals surface area contributed by atoms with Crippen molar-refractivity contribution in [3.8, 4) is 5.75 Å². The van der Waals surface area contributed by atoms with Crippen molar-refractivity contribution in [2.75, 3.05) is 0 Å². The fourth-order valence-corrected chi connectivity index (χ4v) is 1.33. The number of aryl methyl sites for hydroxylation is 1. The number of para-hydroxylation sites is 1. The van der Waals surface area contributed by atoms with E-state index >= 15 is 0 Å². The van der Waals surface area contributed by atoms with E-state index < -0.39 is 6.04 Å². The third kappa shape index (κ3) is 3.07. The van der Waals surface area contributed by atoms with Crippen LogP contribution < -0.4 is 10.5 Å². The quantitative estimate of drug-likeness (QED) is 0.627. The van der Waals surface area contributed by atoms with Crippen LogP contribution in [0.1, 0.15) is 25.8 Å². The molecule has 1 aromatic carbocycles. The molecule has 0 heterocycles. The van der Waals surface area contributed by atoms with Crippen LogP contribution in [-0.2, 0) is 4.79 Å². The van der Waals surface area contributed by atoms with Gasteiger partial charge in [0.05, 0.1) is 0 Å². The molecule has 0 spiro atoms. The van der Waals surface area contributed by atoms with Gasteiger partial charge in [0.1, 0.15) is 11.8 Å². The lowest BCUT2D eigenvalue weighted by molar-refractivity contribution is -0.137. The Labute approximate surface area is 96.6 Å². The average Bonchev–Trinajstić information content (AvgIpc) is 2.30. The van der Waals surface area contributed by atoms with Crippen LogP contribution in [0.2, 0.25) is 0 Å². The minimum atomic E-state index is -0.551. The van der Waals surface area contributed by atoms with Gasteiger partial charge in [-0.15, -0.1) is 0 Å². The second-order valence-electron chi connectivity index (χ2n) is 4.10. The largest absolute Gasteiger partial charge is 0.425 e. The van der Waals surface area contributed by atoms with Gasteiger partial charge in [-0.25, -0.2) is 4.79 Å². The van der Waals surface area contributed by atoms with Crippen LogP contribution in [-0.4, -0.2) is 12.0 Å². The summed E-state index contributed by atoms with van der Waals surface area (Å²) < 4.78 is 5.27. The SMILES string of the molecule is CCC(C)C(N)C(=O)Oc1ccccc1C. The Balaban J connectivity index is 2.68. The van der Waals surface area contributed by atoms with Crippen molar-refractivity contribution in [3.05, 3.63) is 29.8 Å². The second-order valence-corrected chi connectivity index (χ2v) is 4.10. The summed E-state index contributed by atoms with van der Waals surface area (Å²) >= 11 is 0. The highest BCUT2D eigenvalue weighted by Crippen LogP contribution is 2.17. The summed E-state index contributed by atoms with van der Waals surface area (Å²) in [5.41, 5.74) is 6.73. The van der Waals surface area contributed by atoms with Crippen molar-refractivity contribution >= 4 is 5.97 Å². The number of nitrogens with two attached hydrogens (primary N) is 1. The van der Waals surface area contributed by atoms with Crippen LogP contribution in [0.15, 0.2) is 24.3 Å². The highest BCUT2D eigenvalue weighted by molar-refractivity contribution is 5.78. The van der Waals surface area contributed by atoms with Gasteiger partial charge >= 0.3 is 5.97 Å². The predicted octanol–water partition coefficient (Wildman–Crippen LogP) is 2.27. The summed E-state index contributed by atoms with van der Waals surface area (Å²) in [5, 5.41) is 0. The zero-order chi connectivity index (χ0) is 12.1. The average molecular weight is 221 g/mol. The number of hydrogen-bond acceptors (Lipinski definition) is 3. The molecule has 2 unspecified atom stereocenters. The molecule has 88 valence electrons. The van der Waals surface area contributed by atoms with E-state index in [0.717, 1.165) is 12.0 Å². The lowest BCUT2D eigenvalue weighted by atomic mass is 10.0. The summed E-state index contributed by atoms with van der Waals surface area (Å²) in [5.74, 6) is 0.367. The number of rotatable bonds is 4. The van der Waals surface area contributed by atoms with Crippen molar-refractivity contribution in [2.24, 2.45) is 11.7 Å². The maximum Gasteiger partial charge on any atom is 0.328 e. The van der Waals surface area contributed by atoms with E-state index in [9.17, 15) is 4.79 Å². The van der Waals surface area contributed by atoms with Crippen LogP contribution in [0.3, 0.4) is 0 Å². The fraction of sp³-hybridized carbons (Fsp3) is 0.462. The summed E-state index contributed by atoms with van der Waals surface area (Å²) in [6.45, 7) is 5.85. The van der Waals surface area contributed by atoms with Crippen molar-refractivity contribution in [3.63, 3.8) is 0 Å². The van der Waals surface area contributed by atoms with Crippen molar-refractivity contribution in [2.45, 2.75) is 33.2 Å². The number of carbonyl (C=O) groups excluding carboxylic acids is 1. The van der Waals surface area contributed by atoms with E-state index in [1.807, 2.05) is 39.0 Å². The molecule has 2 N–H and O–H groups in total. The molecule has 1 aromatic rings. The van der Waals surface area contributed by atoms with E-state index in [1.54, 1.807) is 6.07 Å². The molecule has 3 nitrogen and oxygen atoms in total. The summed E-state index contributed by atoms with van der Waals surface area (Å²) in [7, 11) is 0. The Morgan fingerprint density at radius 2 is 2.06 bits per heavy atom. The van der Waals surface area contributed by atoms with Crippen molar-refractivity contribution in [1.82, 2.24) is 0 Å². The molecule has 3 heteroatoms. The Bertz CT molecular complexity index is 363. The van der Waals surface area contributed by atoms with Crippen LogP contribution in [0.25, 0.3) is 0 Å². The molecule has 0 aliphatic heterocycles. The zero-order valence-electron chi connectivity index (χ0n) is 10.1. The molecule has 0 amide bonds. The third-order valence-electron chi connectivity index (χ3n) is 2.83. The number of ether oxygens (including phenoxy) is 1. The summed E-state index contributed by atoms with van der Waals surface area (Å²) in [6, 6.07) is 6.86. The molecule has 0 saturated carbocycles. The summed E-state index contributed by atoms with van der Waals surface area (Å²) in [6.07, 6.45) is 0.865. The highest BCUT2D eigenvalue weighted by atomic mass is 16.5. The minimum Gasteiger partial charge on any atom is -0.425 e. The first kappa shape index (κ1) is 12.7. The Morgan fingerprint density at radius 3 is 2.62 bits per heavy atom. The molecular formula is C13H19NO2. The van der Waals surface area contributed by atoms with Gasteiger partial charge in [0, 0.05) is 0 Å². The lowest BCUT2D eigenvalue weighted by Crippen LogP contribution is -2.39. The minimum absolute atomic E-state index is 0.136. The van der Waals surface area contributed by atoms with Gasteiger partial charge in [-0.3, -0.25) is 0 Å². The van der Waals surface area contributed by atoms with Gasteiger partial charge in [0.2, 0.25) is 0 Å². The Hall–Kier alpha value is -1.35. The number of esters is 1. The van der Waals surface area contributed by atoms with Gasteiger partial charge in [0.25, 0.3) is 0 Å². The second kappa shape index (κ2) is 5.66. The van der Waals surface area contributed by atoms with Crippen LogP contribution >= 0.6 is 0 Å². The molecular weight excluding hydrogens is 202 g/mol. The molecule has 0 aromatic heterocycles.